The maximum Gasteiger partial charge on any atom is 0.496 e. The Morgan fingerprint density at radius 3 is 2.54 bits per heavy atom. The monoisotopic (exact) mass is 655 g/mol. The van der Waals surface area contributed by atoms with E-state index >= 15 is 0 Å². The van der Waals surface area contributed by atoms with Crippen LogP contribution in [0.25, 0.3) is 10.9 Å². The maximum absolute atomic E-state index is 12.7. The number of aliphatic hydroxyl groups is 3. The lowest BCUT2D eigenvalue weighted by atomic mass is 9.79. The summed E-state index contributed by atoms with van der Waals surface area (Å²) in [5.41, 5.74) is 4.22. The van der Waals surface area contributed by atoms with E-state index in [1.807, 2.05) is 54.6 Å². The number of hydrogen-bond acceptors (Lipinski definition) is 11. The molecular formula is C34H38BN5O8. The Kier molecular flexibility index (Phi) is 9.07. The average Bonchev–Trinajstić information content (AvgIpc) is 3.65. The molecule has 0 bridgehead atoms. The molecule has 0 saturated carbocycles. The molecule has 1 amide bonds. The maximum atomic E-state index is 12.7. The Bertz CT molecular complexity index is 1800. The molecule has 48 heavy (non-hydrogen) atoms. The molecule has 14 heteroatoms. The van der Waals surface area contributed by atoms with Crippen LogP contribution in [0.2, 0.25) is 0 Å². The Morgan fingerprint density at radius 1 is 1.06 bits per heavy atom. The predicted molar refractivity (Wildman–Crippen MR) is 180 cm³/mol. The molecule has 3 fully saturated rings. The topological polar surface area (TPSA) is 172 Å². The van der Waals surface area contributed by atoms with Crippen LogP contribution < -0.4 is 10.8 Å². The van der Waals surface area contributed by atoms with E-state index < -0.39 is 37.8 Å². The van der Waals surface area contributed by atoms with Crippen molar-refractivity contribution in [3.05, 3.63) is 83.9 Å². The van der Waals surface area contributed by atoms with Gasteiger partial charge in [-0.15, -0.1) is 0 Å². The van der Waals surface area contributed by atoms with Crippen LogP contribution >= 0.6 is 0 Å². The van der Waals surface area contributed by atoms with Gasteiger partial charge in [0.1, 0.15) is 18.3 Å². The van der Waals surface area contributed by atoms with Crippen molar-refractivity contribution in [2.45, 2.75) is 24.1 Å². The number of piperazine rings is 1. The minimum atomic E-state index is -1.61. The molecule has 3 aromatic carbocycles. The predicted octanol–water partition coefficient (Wildman–Crippen LogP) is 0.780. The number of H-pyrrole nitrogens is 1. The summed E-state index contributed by atoms with van der Waals surface area (Å²) < 4.78 is 17.5. The van der Waals surface area contributed by atoms with Crippen LogP contribution in [0.1, 0.15) is 11.1 Å². The number of nitrogens with one attached hydrogen (secondary N) is 2. The van der Waals surface area contributed by atoms with E-state index in [9.17, 15) is 25.2 Å². The number of likely N-dealkylation sites (N-methyl/N-ethyl adjacent to an activating group) is 1. The third-order valence-corrected chi connectivity index (χ3v) is 9.15. The molecule has 0 unspecified atom stereocenters. The molecule has 3 aliphatic rings. The summed E-state index contributed by atoms with van der Waals surface area (Å²) in [6, 6.07) is 22.1. The Labute approximate surface area is 277 Å². The minimum Gasteiger partial charge on any atom is -0.494 e. The van der Waals surface area contributed by atoms with Crippen LogP contribution in [0, 0.1) is 0 Å². The summed E-state index contributed by atoms with van der Waals surface area (Å²) >= 11 is 0. The number of hydrogen-bond donors (Lipinski definition) is 6. The van der Waals surface area contributed by atoms with Gasteiger partial charge in [-0.25, -0.2) is 4.99 Å². The Morgan fingerprint density at radius 2 is 1.81 bits per heavy atom. The summed E-state index contributed by atoms with van der Waals surface area (Å²) in [7, 11) is 1.07. The summed E-state index contributed by atoms with van der Waals surface area (Å²) in [6.45, 7) is 3.16. The molecule has 3 saturated heterocycles. The van der Waals surface area contributed by atoms with Crippen LogP contribution in [-0.2, 0) is 18.8 Å². The van der Waals surface area contributed by atoms with E-state index in [1.54, 1.807) is 18.2 Å². The largest absolute Gasteiger partial charge is 0.496 e. The first-order chi connectivity index (χ1) is 23.2. The number of aromatic nitrogens is 1. The van der Waals surface area contributed by atoms with Gasteiger partial charge in [0.2, 0.25) is 11.7 Å². The molecule has 250 valence electrons. The van der Waals surface area contributed by atoms with Gasteiger partial charge in [0.25, 0.3) is 0 Å². The van der Waals surface area contributed by atoms with Gasteiger partial charge < -0.3 is 49.7 Å². The molecule has 0 spiro atoms. The first kappa shape index (κ1) is 32.4. The van der Waals surface area contributed by atoms with Gasteiger partial charge in [0, 0.05) is 48.3 Å². The minimum absolute atomic E-state index is 0.0659. The quantitative estimate of drug-likeness (QED) is 0.118. The van der Waals surface area contributed by atoms with Crippen molar-refractivity contribution >= 4 is 46.5 Å². The van der Waals surface area contributed by atoms with E-state index in [0.717, 1.165) is 31.7 Å². The summed E-state index contributed by atoms with van der Waals surface area (Å²) in [4.78, 5) is 25.1. The lowest BCUT2D eigenvalue weighted by Crippen LogP contribution is -2.61. The van der Waals surface area contributed by atoms with E-state index in [4.69, 9.17) is 19.0 Å². The van der Waals surface area contributed by atoms with E-state index in [-0.39, 0.29) is 18.4 Å². The number of aromatic hydroxyl groups is 1. The molecule has 4 atom stereocenters. The number of ether oxygens (including phenoxy) is 1. The number of carbonyl (C=O) groups excluding carboxylic acids is 1. The van der Waals surface area contributed by atoms with Crippen LogP contribution in [0.3, 0.4) is 0 Å². The fourth-order valence-electron chi connectivity index (χ4n) is 6.42. The highest BCUT2D eigenvalue weighted by Gasteiger charge is 2.60. The number of benzene rings is 3. The number of fused-ring (bicyclic) bond motifs is 2. The Hall–Kier alpha value is -4.12. The van der Waals surface area contributed by atoms with Gasteiger partial charge in [-0.05, 0) is 42.8 Å². The number of aliphatic imine (C=N–C) groups is 1. The zero-order chi connectivity index (χ0) is 33.4. The second-order valence-corrected chi connectivity index (χ2v) is 12.5. The fraction of sp³-hybridized carbons (Fsp3) is 0.353. The molecular weight excluding hydrogens is 617 g/mol. The highest BCUT2D eigenvalue weighted by atomic mass is 16.8. The number of anilines is 1. The van der Waals surface area contributed by atoms with Gasteiger partial charge in [-0.3, -0.25) is 9.69 Å². The fourth-order valence-corrected chi connectivity index (χ4v) is 6.42. The first-order valence-corrected chi connectivity index (χ1v) is 16.0. The lowest BCUT2D eigenvalue weighted by Gasteiger charge is -2.40. The van der Waals surface area contributed by atoms with E-state index in [1.165, 1.54) is 0 Å². The molecule has 1 aromatic heterocycles. The smallest absolute Gasteiger partial charge is 0.494 e. The average molecular weight is 656 g/mol. The Balaban J connectivity index is 1.15. The zero-order valence-corrected chi connectivity index (χ0v) is 26.5. The van der Waals surface area contributed by atoms with Crippen molar-refractivity contribution < 1.29 is 39.3 Å². The van der Waals surface area contributed by atoms with Gasteiger partial charge in [0.15, 0.2) is 5.88 Å². The summed E-state index contributed by atoms with van der Waals surface area (Å²) in [5.74, 6) is -1.77. The first-order valence-electron chi connectivity index (χ1n) is 16.0. The molecule has 4 aromatic rings. The van der Waals surface area contributed by atoms with Crippen molar-refractivity contribution in [3.8, 4) is 5.88 Å². The van der Waals surface area contributed by atoms with Crippen molar-refractivity contribution in [1.82, 2.24) is 14.8 Å². The normalized spacial score (nSPS) is 25.4. The molecule has 0 radical (unpaired) electrons. The third kappa shape index (κ3) is 6.36. The zero-order valence-electron chi connectivity index (χ0n) is 26.5. The number of carbonyl (C=O) groups is 1. The number of aromatic amines is 1. The van der Waals surface area contributed by atoms with Gasteiger partial charge in [-0.1, -0.05) is 42.5 Å². The molecule has 3 aliphatic heterocycles. The van der Waals surface area contributed by atoms with Gasteiger partial charge >= 0.3 is 7.12 Å². The summed E-state index contributed by atoms with van der Waals surface area (Å²) in [5, 5.41) is 45.5. The van der Waals surface area contributed by atoms with Crippen molar-refractivity contribution in [3.63, 3.8) is 0 Å². The van der Waals surface area contributed by atoms with Crippen LogP contribution in [0.5, 0.6) is 5.88 Å². The number of amides is 1. The molecule has 4 heterocycles. The van der Waals surface area contributed by atoms with Crippen molar-refractivity contribution in [1.29, 1.82) is 0 Å². The highest BCUT2D eigenvalue weighted by molar-refractivity contribution is 6.62. The molecule has 7 rings (SSSR count). The van der Waals surface area contributed by atoms with E-state index in [0.29, 0.717) is 45.6 Å². The van der Waals surface area contributed by atoms with Crippen LogP contribution in [0.4, 0.5) is 11.4 Å². The van der Waals surface area contributed by atoms with Crippen molar-refractivity contribution in [2.24, 2.45) is 4.99 Å². The number of nitrogens with zero attached hydrogens (tertiary/aromatic N) is 3. The molecule has 13 nitrogen and oxygen atoms in total. The van der Waals surface area contributed by atoms with Crippen molar-refractivity contribution in [2.75, 3.05) is 58.3 Å². The van der Waals surface area contributed by atoms with Crippen LogP contribution in [0.15, 0.2) is 77.8 Å². The van der Waals surface area contributed by atoms with Gasteiger partial charge in [-0.2, -0.15) is 0 Å². The van der Waals surface area contributed by atoms with Gasteiger partial charge in [0.05, 0.1) is 36.7 Å². The number of aliphatic hydroxyl groups excluding tert-OH is 3. The van der Waals surface area contributed by atoms with E-state index in [2.05, 4.69) is 27.1 Å². The highest BCUT2D eigenvalue weighted by Crippen LogP contribution is 2.37. The standard InChI is InChI=1S/C34H38BN5O8/c1-39-13-15-40(16-14-39)18-28(43)36-23-8-10-24(11-9-23)37-30(21-5-3-2-4-6-21)29-25-12-7-22(17-26(25)38-33(29)45)35-47-32-31(44)27(42)19-46-34(32,20-41)48-35/h2-12,17,27,31-32,38,41-42,44-45H,13-16,18-20H2,1H3,(H,36,43)/t27-,31-,32+,34+/m1/s1. The second-order valence-electron chi connectivity index (χ2n) is 12.5. The molecule has 6 N–H and O–H groups in total. The lowest BCUT2D eigenvalue weighted by molar-refractivity contribution is -0.287. The third-order valence-electron chi connectivity index (χ3n) is 9.15. The SMILES string of the molecule is CN1CCN(CC(=O)Nc2ccc(N=C(c3ccccc3)c3c(O)[nH]c4cc(B5O[C@H]6[C@H](O)[C@H](O)CO[C@@]6(CO)O5)ccc34)cc2)CC1. The van der Waals surface area contributed by atoms with Crippen LogP contribution in [-0.4, -0.2) is 131 Å². The summed E-state index contributed by atoms with van der Waals surface area (Å²) in [6.07, 6.45) is -3.59. The number of rotatable bonds is 8. The molecule has 0 aliphatic carbocycles. The second kappa shape index (κ2) is 13.4.